The van der Waals surface area contributed by atoms with Crippen LogP contribution in [0.5, 0.6) is 0 Å². The first kappa shape index (κ1) is 23.7. The van der Waals surface area contributed by atoms with Gasteiger partial charge in [-0.25, -0.2) is 13.4 Å². The number of halogens is 1. The third-order valence-corrected chi connectivity index (χ3v) is 7.37. The lowest BCUT2D eigenvalue weighted by molar-refractivity contribution is 0.0954. The molecule has 0 aliphatic rings. The molecule has 1 aromatic heterocycles. The van der Waals surface area contributed by atoms with Crippen LogP contribution in [0, 0.1) is 6.92 Å². The van der Waals surface area contributed by atoms with Crippen LogP contribution in [0.25, 0.3) is 11.5 Å². The minimum absolute atomic E-state index is 0.197. The number of amides is 1. The quantitative estimate of drug-likeness (QED) is 0.361. The number of oxazole rings is 1. The van der Waals surface area contributed by atoms with E-state index in [0.29, 0.717) is 46.5 Å². The first-order valence-corrected chi connectivity index (χ1v) is 12.7. The van der Waals surface area contributed by atoms with Gasteiger partial charge >= 0.3 is 0 Å². The molecule has 174 valence electrons. The van der Waals surface area contributed by atoms with Crippen LogP contribution in [0.2, 0.25) is 5.02 Å². The molecule has 6 nitrogen and oxygen atoms in total. The molecule has 0 aliphatic carbocycles. The molecule has 8 heteroatoms. The van der Waals surface area contributed by atoms with E-state index in [4.69, 9.17) is 16.0 Å². The highest BCUT2D eigenvalue weighted by Gasteiger charge is 2.21. The average Bonchev–Trinajstić information content (AvgIpc) is 3.20. The summed E-state index contributed by atoms with van der Waals surface area (Å²) in [6, 6.07) is 22.6. The summed E-state index contributed by atoms with van der Waals surface area (Å²) in [5, 5.41) is 3.56. The molecular formula is C26H23ClN2O4S. The monoisotopic (exact) mass is 494 g/mol. The maximum atomic E-state index is 12.7. The second-order valence-corrected chi connectivity index (χ2v) is 10.2. The van der Waals surface area contributed by atoms with Gasteiger partial charge in [0.25, 0.3) is 5.91 Å². The molecule has 34 heavy (non-hydrogen) atoms. The Morgan fingerprint density at radius 1 is 0.971 bits per heavy atom. The Morgan fingerprint density at radius 2 is 1.65 bits per heavy atom. The maximum absolute atomic E-state index is 12.7. The number of hydrogen-bond acceptors (Lipinski definition) is 5. The zero-order chi connectivity index (χ0) is 24.1. The Bertz CT molecular complexity index is 1400. The Morgan fingerprint density at radius 3 is 2.35 bits per heavy atom. The lowest BCUT2D eigenvalue weighted by Gasteiger charge is -2.07. The van der Waals surface area contributed by atoms with Gasteiger partial charge in [-0.05, 0) is 61.4 Å². The van der Waals surface area contributed by atoms with E-state index in [1.165, 1.54) is 0 Å². The third kappa shape index (κ3) is 5.55. The van der Waals surface area contributed by atoms with Crippen LogP contribution in [0.1, 0.15) is 27.4 Å². The number of rotatable bonds is 8. The Kier molecular flexibility index (Phi) is 7.14. The predicted octanol–water partition coefficient (Wildman–Crippen LogP) is 5.25. The molecule has 1 amide bonds. The maximum Gasteiger partial charge on any atom is 0.251 e. The molecule has 0 saturated carbocycles. The van der Waals surface area contributed by atoms with Crippen molar-refractivity contribution in [3.8, 4) is 11.5 Å². The molecule has 0 unspecified atom stereocenters. The predicted molar refractivity (Wildman–Crippen MR) is 131 cm³/mol. The van der Waals surface area contributed by atoms with Gasteiger partial charge < -0.3 is 9.73 Å². The van der Waals surface area contributed by atoms with E-state index in [9.17, 15) is 13.2 Å². The lowest BCUT2D eigenvalue weighted by atomic mass is 10.1. The first-order valence-electron chi connectivity index (χ1n) is 10.7. The summed E-state index contributed by atoms with van der Waals surface area (Å²) in [4.78, 5) is 17.1. The fourth-order valence-electron chi connectivity index (χ4n) is 3.45. The van der Waals surface area contributed by atoms with Gasteiger partial charge in [0.15, 0.2) is 9.84 Å². The molecule has 0 bridgehead atoms. The van der Waals surface area contributed by atoms with Crippen LogP contribution in [0.4, 0.5) is 0 Å². The van der Waals surface area contributed by atoms with Crippen molar-refractivity contribution in [2.45, 2.75) is 24.0 Å². The van der Waals surface area contributed by atoms with Gasteiger partial charge in [0.2, 0.25) is 5.89 Å². The van der Waals surface area contributed by atoms with Crippen LogP contribution < -0.4 is 5.32 Å². The fourth-order valence-corrected chi connectivity index (χ4v) is 5.05. The average molecular weight is 495 g/mol. The second-order valence-electron chi connectivity index (χ2n) is 7.77. The van der Waals surface area contributed by atoms with Crippen LogP contribution in [-0.4, -0.2) is 25.9 Å². The second kappa shape index (κ2) is 10.2. The van der Waals surface area contributed by atoms with E-state index in [-0.39, 0.29) is 16.6 Å². The molecule has 1 N–H and O–H groups in total. The van der Waals surface area contributed by atoms with E-state index in [1.807, 2.05) is 24.3 Å². The van der Waals surface area contributed by atoms with Crippen LogP contribution in [0.15, 0.2) is 88.2 Å². The standard InChI is InChI=1S/C26H23ClN2O4S/c1-18-24(17-34(31,32)22-8-3-2-4-9-22)29-26(33-18)21-13-11-20(12-14-21)25(30)28-16-15-19-7-5-6-10-23(19)27/h2-14H,15-17H2,1H3,(H,28,30). The number of aryl methyl sites for hydroxylation is 1. The molecule has 0 saturated heterocycles. The van der Waals surface area contributed by atoms with Crippen molar-refractivity contribution in [1.82, 2.24) is 10.3 Å². The summed E-state index contributed by atoms with van der Waals surface area (Å²) in [6.07, 6.45) is 0.633. The summed E-state index contributed by atoms with van der Waals surface area (Å²) in [5.41, 5.74) is 2.49. The van der Waals surface area contributed by atoms with Crippen molar-refractivity contribution in [1.29, 1.82) is 0 Å². The van der Waals surface area contributed by atoms with Crippen molar-refractivity contribution < 1.29 is 17.6 Å². The zero-order valence-electron chi connectivity index (χ0n) is 18.5. The van der Waals surface area contributed by atoms with E-state index in [0.717, 1.165) is 5.56 Å². The highest BCUT2D eigenvalue weighted by Crippen LogP contribution is 2.25. The number of nitrogens with zero attached hydrogens (tertiary/aromatic N) is 1. The first-order chi connectivity index (χ1) is 16.3. The van der Waals surface area contributed by atoms with Crippen LogP contribution >= 0.6 is 11.6 Å². The topological polar surface area (TPSA) is 89.3 Å². The number of sulfone groups is 1. The van der Waals surface area contributed by atoms with Gasteiger partial charge in [-0.3, -0.25) is 4.79 Å². The Balaban J connectivity index is 1.41. The Hall–Kier alpha value is -3.42. The van der Waals surface area contributed by atoms with Crippen molar-refractivity contribution >= 4 is 27.3 Å². The number of carbonyl (C=O) groups excluding carboxylic acids is 1. The molecule has 4 aromatic rings. The zero-order valence-corrected chi connectivity index (χ0v) is 20.1. The normalized spacial score (nSPS) is 11.4. The minimum Gasteiger partial charge on any atom is -0.441 e. The highest BCUT2D eigenvalue weighted by atomic mass is 35.5. The van der Waals surface area contributed by atoms with E-state index in [2.05, 4.69) is 10.3 Å². The van der Waals surface area contributed by atoms with Crippen molar-refractivity contribution in [3.63, 3.8) is 0 Å². The van der Waals surface area contributed by atoms with Crippen molar-refractivity contribution in [2.24, 2.45) is 0 Å². The van der Waals surface area contributed by atoms with Crippen molar-refractivity contribution in [2.75, 3.05) is 6.54 Å². The van der Waals surface area contributed by atoms with Gasteiger partial charge in [0.1, 0.15) is 11.5 Å². The van der Waals surface area contributed by atoms with Gasteiger partial charge in [0.05, 0.1) is 10.6 Å². The summed E-state index contributed by atoms with van der Waals surface area (Å²) in [5.74, 6) is 0.298. The SMILES string of the molecule is Cc1oc(-c2ccc(C(=O)NCCc3ccccc3Cl)cc2)nc1CS(=O)(=O)c1ccccc1. The summed E-state index contributed by atoms with van der Waals surface area (Å²) in [6.45, 7) is 2.15. The van der Waals surface area contributed by atoms with Gasteiger partial charge in [-0.15, -0.1) is 0 Å². The molecule has 0 fully saturated rings. The number of hydrogen-bond donors (Lipinski definition) is 1. The summed E-state index contributed by atoms with van der Waals surface area (Å²) in [7, 11) is -3.54. The highest BCUT2D eigenvalue weighted by molar-refractivity contribution is 7.90. The largest absolute Gasteiger partial charge is 0.441 e. The number of nitrogens with one attached hydrogen (secondary N) is 1. The van der Waals surface area contributed by atoms with Crippen LogP contribution in [0.3, 0.4) is 0 Å². The lowest BCUT2D eigenvalue weighted by Crippen LogP contribution is -2.25. The molecule has 1 heterocycles. The molecule has 4 rings (SSSR count). The smallest absolute Gasteiger partial charge is 0.251 e. The van der Waals surface area contributed by atoms with Gasteiger partial charge in [0, 0.05) is 22.7 Å². The molecule has 0 spiro atoms. The van der Waals surface area contributed by atoms with E-state index < -0.39 is 9.84 Å². The summed E-state index contributed by atoms with van der Waals surface area (Å²) < 4.78 is 31.1. The minimum atomic E-state index is -3.54. The fraction of sp³-hybridized carbons (Fsp3) is 0.154. The number of benzene rings is 3. The number of aromatic nitrogens is 1. The molecule has 0 radical (unpaired) electrons. The Labute approximate surface area is 203 Å². The summed E-state index contributed by atoms with van der Waals surface area (Å²) >= 11 is 6.15. The van der Waals surface area contributed by atoms with Gasteiger partial charge in [-0.1, -0.05) is 48.0 Å². The molecule has 3 aromatic carbocycles. The van der Waals surface area contributed by atoms with Crippen molar-refractivity contribution in [3.05, 3.63) is 106 Å². The number of carbonyl (C=O) groups is 1. The van der Waals surface area contributed by atoms with Crippen LogP contribution in [-0.2, 0) is 22.0 Å². The van der Waals surface area contributed by atoms with E-state index >= 15 is 0 Å². The van der Waals surface area contributed by atoms with E-state index in [1.54, 1.807) is 61.5 Å². The molecular weight excluding hydrogens is 472 g/mol. The molecule has 0 aliphatic heterocycles. The third-order valence-electron chi connectivity index (χ3n) is 5.35. The van der Waals surface area contributed by atoms with Gasteiger partial charge in [-0.2, -0.15) is 0 Å². The molecule has 0 atom stereocenters.